The van der Waals surface area contributed by atoms with Gasteiger partial charge < -0.3 is 25.2 Å². The number of carbonyl (C=O) groups excluding carboxylic acids is 1. The average molecular weight is 732 g/mol. The molecule has 0 amide bonds. The van der Waals surface area contributed by atoms with Crippen LogP contribution >= 0.6 is 7.82 Å². The van der Waals surface area contributed by atoms with E-state index in [0.717, 1.165) is 57.8 Å². The van der Waals surface area contributed by atoms with Gasteiger partial charge in [-0.1, -0.05) is 128 Å². The second-order valence-corrected chi connectivity index (χ2v) is 14.9. The quantitative estimate of drug-likeness (QED) is 0.0242. The average Bonchev–Trinajstić information content (AvgIpc) is 3.09. The standard InChI is InChI=1S/C39H74NO9P/c1-3-5-7-9-11-13-15-17-19-21-23-25-27-29-31-38(41)49-36(34-47-50(44,45)48-35-37(40)39(42)43)33-46-32-30-28-26-24-22-20-18-16-14-12-10-8-6-4-2/h14-17,36-37H,3-13,18-35,40H2,1-2H3,(H,42,43)(H,44,45)/b16-14-,17-15-. The summed E-state index contributed by atoms with van der Waals surface area (Å²) in [5, 5.41) is 8.87. The molecule has 3 unspecified atom stereocenters. The van der Waals surface area contributed by atoms with Crippen LogP contribution in [-0.2, 0) is 32.7 Å². The predicted octanol–water partition coefficient (Wildman–Crippen LogP) is 10.4. The van der Waals surface area contributed by atoms with E-state index in [0.29, 0.717) is 13.0 Å². The Hall–Kier alpha value is -1.55. The molecule has 3 atom stereocenters. The molecule has 50 heavy (non-hydrogen) atoms. The van der Waals surface area contributed by atoms with Crippen molar-refractivity contribution in [1.29, 1.82) is 0 Å². The van der Waals surface area contributed by atoms with Crippen molar-refractivity contribution in [1.82, 2.24) is 0 Å². The minimum atomic E-state index is -4.61. The fraction of sp³-hybridized carbons (Fsp3) is 0.846. The maximum atomic E-state index is 12.6. The van der Waals surface area contributed by atoms with Crippen LogP contribution in [0.3, 0.4) is 0 Å². The van der Waals surface area contributed by atoms with E-state index in [4.69, 9.17) is 29.4 Å². The van der Waals surface area contributed by atoms with E-state index in [1.807, 2.05) is 0 Å². The van der Waals surface area contributed by atoms with E-state index < -0.39 is 45.1 Å². The van der Waals surface area contributed by atoms with Gasteiger partial charge in [-0.25, -0.2) is 4.57 Å². The van der Waals surface area contributed by atoms with Crippen LogP contribution in [-0.4, -0.2) is 60.5 Å². The van der Waals surface area contributed by atoms with Gasteiger partial charge in [-0.2, -0.15) is 0 Å². The molecule has 0 aromatic carbocycles. The molecule has 0 aliphatic carbocycles. The largest absolute Gasteiger partial charge is 0.480 e. The lowest BCUT2D eigenvalue weighted by Crippen LogP contribution is -2.34. The van der Waals surface area contributed by atoms with Gasteiger partial charge in [0, 0.05) is 13.0 Å². The molecule has 10 nitrogen and oxygen atoms in total. The number of carboxylic acids is 1. The molecule has 0 rings (SSSR count). The summed E-state index contributed by atoms with van der Waals surface area (Å²) >= 11 is 0. The van der Waals surface area contributed by atoms with Gasteiger partial charge in [-0.3, -0.25) is 18.6 Å². The first-order valence-corrected chi connectivity index (χ1v) is 21.4. The Labute approximate surface area is 304 Å². The number of unbranched alkanes of at least 4 members (excludes halogenated alkanes) is 20. The van der Waals surface area contributed by atoms with Crippen molar-refractivity contribution in [3.63, 3.8) is 0 Å². The van der Waals surface area contributed by atoms with Gasteiger partial charge in [0.25, 0.3) is 0 Å². The van der Waals surface area contributed by atoms with Crippen LogP contribution < -0.4 is 5.73 Å². The summed E-state index contributed by atoms with van der Waals surface area (Å²) in [7, 11) is -4.61. The number of hydrogen-bond donors (Lipinski definition) is 3. The number of rotatable bonds is 38. The molecular formula is C39H74NO9P. The van der Waals surface area contributed by atoms with Gasteiger partial charge in [-0.05, 0) is 64.2 Å². The molecule has 0 heterocycles. The minimum absolute atomic E-state index is 0.0113. The molecule has 0 aliphatic rings. The van der Waals surface area contributed by atoms with Crippen LogP contribution in [0.25, 0.3) is 0 Å². The van der Waals surface area contributed by atoms with E-state index in [2.05, 4.69) is 38.2 Å². The van der Waals surface area contributed by atoms with Crippen molar-refractivity contribution in [3.05, 3.63) is 24.3 Å². The maximum Gasteiger partial charge on any atom is 0.472 e. The molecule has 0 saturated heterocycles. The van der Waals surface area contributed by atoms with Crippen LogP contribution in [0.4, 0.5) is 0 Å². The van der Waals surface area contributed by atoms with Gasteiger partial charge >= 0.3 is 19.8 Å². The molecule has 0 bridgehead atoms. The summed E-state index contributed by atoms with van der Waals surface area (Å²) in [4.78, 5) is 33.4. The molecule has 0 radical (unpaired) electrons. The van der Waals surface area contributed by atoms with Crippen LogP contribution in [0.5, 0.6) is 0 Å². The SMILES string of the molecule is CCCCCC/C=C\CCCCCCCCOCC(COP(=O)(O)OCC(N)C(=O)O)OC(=O)CCCCCCC/C=C\CCCCCCC. The van der Waals surface area contributed by atoms with Gasteiger partial charge in [0.05, 0.1) is 19.8 Å². The summed E-state index contributed by atoms with van der Waals surface area (Å²) in [6.07, 6.45) is 36.5. The number of ether oxygens (including phenoxy) is 2. The van der Waals surface area contributed by atoms with E-state index in [1.54, 1.807) is 0 Å². The molecule has 0 aliphatic heterocycles. The fourth-order valence-electron chi connectivity index (χ4n) is 5.30. The maximum absolute atomic E-state index is 12.6. The number of nitrogens with two attached hydrogens (primary N) is 1. The van der Waals surface area contributed by atoms with E-state index in [9.17, 15) is 19.0 Å². The highest BCUT2D eigenvalue weighted by Gasteiger charge is 2.27. The number of allylic oxidation sites excluding steroid dienone is 4. The van der Waals surface area contributed by atoms with E-state index in [-0.39, 0.29) is 13.0 Å². The zero-order valence-corrected chi connectivity index (χ0v) is 32.6. The zero-order valence-electron chi connectivity index (χ0n) is 31.7. The third kappa shape index (κ3) is 34.9. The van der Waals surface area contributed by atoms with Crippen molar-refractivity contribution in [2.45, 2.75) is 187 Å². The Bertz CT molecular complexity index is 899. The Morgan fingerprint density at radius 2 is 1.04 bits per heavy atom. The van der Waals surface area contributed by atoms with Crippen molar-refractivity contribution >= 4 is 19.8 Å². The predicted molar refractivity (Wildman–Crippen MR) is 203 cm³/mol. The van der Waals surface area contributed by atoms with Crippen LogP contribution in [0.1, 0.15) is 174 Å². The second kappa shape index (κ2) is 35.8. The number of aliphatic carboxylic acids is 1. The van der Waals surface area contributed by atoms with Gasteiger partial charge in [-0.15, -0.1) is 0 Å². The molecule has 0 fully saturated rings. The first-order chi connectivity index (χ1) is 24.2. The molecule has 0 spiro atoms. The number of carboxylic acid groups (broad SMARTS) is 1. The number of phosphoric acid groups is 1. The monoisotopic (exact) mass is 732 g/mol. The molecule has 294 valence electrons. The summed E-state index contributed by atoms with van der Waals surface area (Å²) in [6.45, 7) is 3.83. The second-order valence-electron chi connectivity index (χ2n) is 13.4. The van der Waals surface area contributed by atoms with Gasteiger partial charge in [0.1, 0.15) is 12.1 Å². The normalized spacial score (nSPS) is 14.3. The third-order valence-electron chi connectivity index (χ3n) is 8.45. The smallest absolute Gasteiger partial charge is 0.472 e. The van der Waals surface area contributed by atoms with Crippen molar-refractivity contribution in [2.75, 3.05) is 26.4 Å². The topological polar surface area (TPSA) is 155 Å². The Kier molecular flexibility index (Phi) is 34.7. The summed E-state index contributed by atoms with van der Waals surface area (Å²) in [5.74, 6) is -1.79. The van der Waals surface area contributed by atoms with Crippen molar-refractivity contribution < 1.29 is 42.7 Å². The van der Waals surface area contributed by atoms with Crippen LogP contribution in [0.15, 0.2) is 24.3 Å². The third-order valence-corrected chi connectivity index (χ3v) is 9.40. The lowest BCUT2D eigenvalue weighted by molar-refractivity contribution is -0.154. The summed E-state index contributed by atoms with van der Waals surface area (Å²) in [5.41, 5.74) is 5.34. The molecule has 0 saturated carbocycles. The lowest BCUT2D eigenvalue weighted by atomic mass is 10.1. The molecule has 4 N–H and O–H groups in total. The number of esters is 1. The van der Waals surface area contributed by atoms with E-state index in [1.165, 1.54) is 89.9 Å². The van der Waals surface area contributed by atoms with Crippen molar-refractivity contribution in [3.8, 4) is 0 Å². The Morgan fingerprint density at radius 3 is 1.54 bits per heavy atom. The highest BCUT2D eigenvalue weighted by atomic mass is 31.2. The fourth-order valence-corrected chi connectivity index (χ4v) is 6.08. The Morgan fingerprint density at radius 1 is 0.620 bits per heavy atom. The lowest BCUT2D eigenvalue weighted by Gasteiger charge is -2.20. The van der Waals surface area contributed by atoms with Crippen LogP contribution in [0.2, 0.25) is 0 Å². The minimum Gasteiger partial charge on any atom is -0.480 e. The zero-order chi connectivity index (χ0) is 37.0. The molecule has 11 heteroatoms. The number of hydrogen-bond acceptors (Lipinski definition) is 8. The van der Waals surface area contributed by atoms with Crippen molar-refractivity contribution in [2.24, 2.45) is 5.73 Å². The van der Waals surface area contributed by atoms with Gasteiger partial charge in [0.15, 0.2) is 0 Å². The molecular weight excluding hydrogens is 657 g/mol. The highest BCUT2D eigenvalue weighted by molar-refractivity contribution is 7.47. The molecule has 0 aromatic rings. The molecule has 0 aromatic heterocycles. The van der Waals surface area contributed by atoms with Gasteiger partial charge in [0.2, 0.25) is 0 Å². The number of carbonyl (C=O) groups is 2. The Balaban J connectivity index is 4.31. The summed E-state index contributed by atoms with van der Waals surface area (Å²) < 4.78 is 33.2. The summed E-state index contributed by atoms with van der Waals surface area (Å²) in [6, 6.07) is -1.47. The first kappa shape index (κ1) is 48.5. The van der Waals surface area contributed by atoms with E-state index >= 15 is 0 Å². The number of phosphoric ester groups is 1. The van der Waals surface area contributed by atoms with Crippen LogP contribution in [0, 0.1) is 0 Å². The first-order valence-electron chi connectivity index (χ1n) is 19.9. The highest BCUT2D eigenvalue weighted by Crippen LogP contribution is 2.43.